The van der Waals surface area contributed by atoms with Gasteiger partial charge in [-0.1, -0.05) is 18.6 Å². The van der Waals surface area contributed by atoms with E-state index in [1.165, 1.54) is 31.4 Å². The lowest BCUT2D eigenvalue weighted by atomic mass is 9.77. The van der Waals surface area contributed by atoms with Gasteiger partial charge in [0.15, 0.2) is 0 Å². The van der Waals surface area contributed by atoms with Gasteiger partial charge in [-0.25, -0.2) is 4.39 Å². The summed E-state index contributed by atoms with van der Waals surface area (Å²) in [5.41, 5.74) is 1.13. The summed E-state index contributed by atoms with van der Waals surface area (Å²) in [6, 6.07) is 7.02. The van der Waals surface area contributed by atoms with Gasteiger partial charge in [-0.05, 0) is 49.3 Å². The average molecular weight is 301 g/mol. The summed E-state index contributed by atoms with van der Waals surface area (Å²) < 4.78 is 18.8. The van der Waals surface area contributed by atoms with Gasteiger partial charge in [0.2, 0.25) is 11.8 Å². The Balaban J connectivity index is 1.44. The number of hydrogen-bond acceptors (Lipinski definition) is 4. The van der Waals surface area contributed by atoms with Crippen molar-refractivity contribution in [2.45, 2.75) is 50.6 Å². The van der Waals surface area contributed by atoms with Gasteiger partial charge >= 0.3 is 0 Å². The maximum absolute atomic E-state index is 13.1. The molecule has 2 aliphatic rings. The Morgan fingerprint density at radius 3 is 2.55 bits per heavy atom. The SMILES string of the molecule is Fc1ccc(C(NCc2nnc(C3CC3)o2)C2CCC2)cc1. The van der Waals surface area contributed by atoms with Gasteiger partial charge in [0.1, 0.15) is 5.82 Å². The van der Waals surface area contributed by atoms with Crippen LogP contribution in [-0.2, 0) is 6.54 Å². The molecular formula is C17H20FN3O. The number of halogens is 1. The monoisotopic (exact) mass is 301 g/mol. The third-order valence-electron chi connectivity index (χ3n) is 4.73. The van der Waals surface area contributed by atoms with Crippen molar-refractivity contribution in [2.75, 3.05) is 0 Å². The number of rotatable bonds is 6. The Kier molecular flexibility index (Phi) is 3.66. The van der Waals surface area contributed by atoms with Gasteiger partial charge in [0.05, 0.1) is 6.54 Å². The second kappa shape index (κ2) is 5.80. The fraction of sp³-hybridized carbons (Fsp3) is 0.529. The molecule has 1 heterocycles. The Hall–Kier alpha value is -1.75. The summed E-state index contributed by atoms with van der Waals surface area (Å²) in [7, 11) is 0. The lowest BCUT2D eigenvalue weighted by Gasteiger charge is -2.34. The van der Waals surface area contributed by atoms with Crippen molar-refractivity contribution < 1.29 is 8.81 Å². The minimum Gasteiger partial charge on any atom is -0.424 e. The predicted octanol–water partition coefficient (Wildman–Crippen LogP) is 3.72. The van der Waals surface area contributed by atoms with Crippen molar-refractivity contribution in [3.05, 3.63) is 47.4 Å². The van der Waals surface area contributed by atoms with Gasteiger partial charge in [0, 0.05) is 12.0 Å². The van der Waals surface area contributed by atoms with E-state index in [0.29, 0.717) is 24.3 Å². The van der Waals surface area contributed by atoms with Crippen LogP contribution in [0.15, 0.2) is 28.7 Å². The maximum Gasteiger partial charge on any atom is 0.230 e. The van der Waals surface area contributed by atoms with Crippen molar-refractivity contribution >= 4 is 0 Å². The van der Waals surface area contributed by atoms with Crippen molar-refractivity contribution in [1.82, 2.24) is 15.5 Å². The number of hydrogen-bond donors (Lipinski definition) is 1. The highest BCUT2D eigenvalue weighted by Crippen LogP contribution is 2.39. The summed E-state index contributed by atoms with van der Waals surface area (Å²) >= 11 is 0. The topological polar surface area (TPSA) is 51.0 Å². The standard InChI is InChI=1S/C17H20FN3O/c18-14-8-6-12(7-9-14)16(11-2-1-3-11)19-10-15-20-21-17(22-15)13-4-5-13/h6-9,11,13,16,19H,1-5,10H2. The first-order chi connectivity index (χ1) is 10.8. The van der Waals surface area contributed by atoms with Crippen molar-refractivity contribution in [1.29, 1.82) is 0 Å². The Morgan fingerprint density at radius 1 is 1.14 bits per heavy atom. The molecule has 116 valence electrons. The highest BCUT2D eigenvalue weighted by atomic mass is 19.1. The molecule has 5 heteroatoms. The molecule has 1 aromatic heterocycles. The minimum absolute atomic E-state index is 0.193. The molecular weight excluding hydrogens is 281 g/mol. The summed E-state index contributed by atoms with van der Waals surface area (Å²) in [4.78, 5) is 0. The first-order valence-electron chi connectivity index (χ1n) is 8.11. The molecule has 1 aromatic carbocycles. The molecule has 0 bridgehead atoms. The third kappa shape index (κ3) is 2.90. The zero-order valence-electron chi connectivity index (χ0n) is 12.5. The molecule has 2 saturated carbocycles. The molecule has 0 amide bonds. The Bertz CT molecular complexity index is 632. The van der Waals surface area contributed by atoms with Crippen LogP contribution >= 0.6 is 0 Å². The lowest BCUT2D eigenvalue weighted by molar-refractivity contribution is 0.224. The molecule has 22 heavy (non-hydrogen) atoms. The first kappa shape index (κ1) is 13.9. The molecule has 0 radical (unpaired) electrons. The number of benzene rings is 1. The molecule has 2 aromatic rings. The van der Waals surface area contributed by atoms with E-state index >= 15 is 0 Å². The quantitative estimate of drug-likeness (QED) is 0.883. The van der Waals surface area contributed by atoms with E-state index in [1.54, 1.807) is 0 Å². The number of nitrogens with one attached hydrogen (secondary N) is 1. The molecule has 0 aliphatic heterocycles. The van der Waals surface area contributed by atoms with E-state index in [0.717, 1.165) is 24.3 Å². The van der Waals surface area contributed by atoms with E-state index < -0.39 is 0 Å². The number of nitrogens with zero attached hydrogens (tertiary/aromatic N) is 2. The average Bonchev–Trinajstić information content (AvgIpc) is 3.22. The van der Waals surface area contributed by atoms with E-state index in [1.807, 2.05) is 12.1 Å². The van der Waals surface area contributed by atoms with Crippen LogP contribution in [0, 0.1) is 11.7 Å². The molecule has 4 rings (SSSR count). The van der Waals surface area contributed by atoms with Gasteiger partial charge in [-0.2, -0.15) is 0 Å². The second-order valence-electron chi connectivity index (χ2n) is 6.41. The zero-order chi connectivity index (χ0) is 14.9. The molecule has 1 unspecified atom stereocenters. The highest BCUT2D eigenvalue weighted by molar-refractivity contribution is 5.21. The van der Waals surface area contributed by atoms with E-state index in [2.05, 4.69) is 15.5 Å². The summed E-state index contributed by atoms with van der Waals surface area (Å²) in [6.07, 6.45) is 6.03. The molecule has 2 fully saturated rings. The summed E-state index contributed by atoms with van der Waals surface area (Å²) in [5.74, 6) is 2.33. The van der Waals surface area contributed by atoms with Crippen LogP contribution in [0.5, 0.6) is 0 Å². The van der Waals surface area contributed by atoms with E-state index in [-0.39, 0.29) is 11.9 Å². The van der Waals surface area contributed by atoms with Crippen LogP contribution in [0.4, 0.5) is 4.39 Å². The first-order valence-corrected chi connectivity index (χ1v) is 8.11. The fourth-order valence-corrected chi connectivity index (χ4v) is 3.03. The molecule has 0 spiro atoms. The van der Waals surface area contributed by atoms with E-state index in [9.17, 15) is 4.39 Å². The van der Waals surface area contributed by atoms with Crippen LogP contribution in [0.3, 0.4) is 0 Å². The second-order valence-corrected chi connectivity index (χ2v) is 6.41. The smallest absolute Gasteiger partial charge is 0.230 e. The van der Waals surface area contributed by atoms with Crippen molar-refractivity contribution in [3.8, 4) is 0 Å². The fourth-order valence-electron chi connectivity index (χ4n) is 3.03. The Labute approximate surface area is 129 Å². The third-order valence-corrected chi connectivity index (χ3v) is 4.73. The van der Waals surface area contributed by atoms with Crippen LogP contribution < -0.4 is 5.32 Å². The Morgan fingerprint density at radius 2 is 1.91 bits per heavy atom. The molecule has 1 atom stereocenters. The molecule has 0 saturated heterocycles. The summed E-state index contributed by atoms with van der Waals surface area (Å²) in [5, 5.41) is 11.8. The van der Waals surface area contributed by atoms with E-state index in [4.69, 9.17) is 4.42 Å². The van der Waals surface area contributed by atoms with Gasteiger partial charge in [-0.3, -0.25) is 0 Å². The van der Waals surface area contributed by atoms with Gasteiger partial charge < -0.3 is 9.73 Å². The highest BCUT2D eigenvalue weighted by Gasteiger charge is 2.31. The lowest BCUT2D eigenvalue weighted by Crippen LogP contribution is -2.32. The maximum atomic E-state index is 13.1. The largest absolute Gasteiger partial charge is 0.424 e. The van der Waals surface area contributed by atoms with Crippen molar-refractivity contribution in [2.24, 2.45) is 5.92 Å². The molecule has 2 aliphatic carbocycles. The van der Waals surface area contributed by atoms with Gasteiger partial charge in [0.25, 0.3) is 0 Å². The minimum atomic E-state index is -0.193. The van der Waals surface area contributed by atoms with Crippen LogP contribution in [0.2, 0.25) is 0 Å². The van der Waals surface area contributed by atoms with Crippen LogP contribution in [0.1, 0.15) is 61.4 Å². The summed E-state index contributed by atoms with van der Waals surface area (Å²) in [6.45, 7) is 0.568. The zero-order valence-corrected chi connectivity index (χ0v) is 12.5. The van der Waals surface area contributed by atoms with Crippen LogP contribution in [-0.4, -0.2) is 10.2 Å². The van der Waals surface area contributed by atoms with Gasteiger partial charge in [-0.15, -0.1) is 10.2 Å². The molecule has 4 nitrogen and oxygen atoms in total. The number of aromatic nitrogens is 2. The van der Waals surface area contributed by atoms with Crippen molar-refractivity contribution in [3.63, 3.8) is 0 Å². The normalized spacial score (nSPS) is 19.9. The predicted molar refractivity (Wildman–Crippen MR) is 79.6 cm³/mol. The van der Waals surface area contributed by atoms with Crippen LogP contribution in [0.25, 0.3) is 0 Å². The molecule has 1 N–H and O–H groups in total.